The normalized spacial score (nSPS) is 16.8. The number of aromatic nitrogens is 1. The molecule has 0 bridgehead atoms. The molecule has 10 nitrogen and oxygen atoms in total. The molecule has 0 radical (unpaired) electrons. The fourth-order valence-corrected chi connectivity index (χ4v) is 4.58. The quantitative estimate of drug-likeness (QED) is 0.288. The van der Waals surface area contributed by atoms with Gasteiger partial charge in [-0.2, -0.15) is 13.2 Å². The first kappa shape index (κ1) is 33.7. The molecule has 0 spiro atoms. The number of amides is 4. The van der Waals surface area contributed by atoms with Gasteiger partial charge in [-0.05, 0) is 49.7 Å². The predicted octanol–water partition coefficient (Wildman–Crippen LogP) is 2.78. The van der Waals surface area contributed by atoms with E-state index in [0.29, 0.717) is 37.9 Å². The van der Waals surface area contributed by atoms with Crippen molar-refractivity contribution in [2.75, 3.05) is 13.1 Å². The summed E-state index contributed by atoms with van der Waals surface area (Å²) < 4.78 is 39.1. The number of likely N-dealkylation sites (tertiary alicyclic amines) is 1. The molecule has 1 aromatic heterocycles. The molecule has 0 saturated carbocycles. The van der Waals surface area contributed by atoms with Crippen molar-refractivity contribution in [2.24, 2.45) is 11.8 Å². The van der Waals surface area contributed by atoms with Crippen molar-refractivity contribution >= 4 is 29.4 Å². The zero-order chi connectivity index (χ0) is 30.7. The molecule has 2 rings (SSSR count). The summed E-state index contributed by atoms with van der Waals surface area (Å²) in [6.45, 7) is 6.92. The highest BCUT2D eigenvalue weighted by atomic mass is 19.4. The van der Waals surface area contributed by atoms with Gasteiger partial charge in [-0.25, -0.2) is 0 Å². The van der Waals surface area contributed by atoms with Crippen molar-refractivity contribution in [2.45, 2.75) is 90.5 Å². The fourth-order valence-electron chi connectivity index (χ4n) is 4.58. The maximum atomic E-state index is 13.4. The lowest BCUT2D eigenvalue weighted by molar-refractivity contribution is -0.175. The molecule has 0 unspecified atom stereocenters. The first-order valence-corrected chi connectivity index (χ1v) is 13.9. The third-order valence-electron chi connectivity index (χ3n) is 6.88. The summed E-state index contributed by atoms with van der Waals surface area (Å²) in [5, 5.41) is 7.70. The van der Waals surface area contributed by atoms with E-state index in [-0.39, 0.29) is 37.1 Å². The molecule has 0 aromatic carbocycles. The fraction of sp³-hybridized carbons (Fsp3) is 0.643. The van der Waals surface area contributed by atoms with Crippen molar-refractivity contribution in [1.82, 2.24) is 25.8 Å². The van der Waals surface area contributed by atoms with E-state index in [0.717, 1.165) is 0 Å². The zero-order valence-electron chi connectivity index (χ0n) is 23.9. The second-order valence-corrected chi connectivity index (χ2v) is 10.9. The van der Waals surface area contributed by atoms with Crippen LogP contribution in [0.3, 0.4) is 0 Å². The highest BCUT2D eigenvalue weighted by Crippen LogP contribution is 2.24. The third kappa shape index (κ3) is 10.1. The lowest BCUT2D eigenvalue weighted by atomic mass is 9.98. The second-order valence-electron chi connectivity index (χ2n) is 10.9. The Hall–Kier alpha value is -3.51. The van der Waals surface area contributed by atoms with Crippen molar-refractivity contribution in [1.29, 1.82) is 0 Å². The molecule has 1 aliphatic rings. The van der Waals surface area contributed by atoms with Gasteiger partial charge >= 0.3 is 6.18 Å². The Morgan fingerprint density at radius 2 is 1.66 bits per heavy atom. The summed E-state index contributed by atoms with van der Waals surface area (Å²) in [5.74, 6) is -5.10. The van der Waals surface area contributed by atoms with Crippen LogP contribution in [0.5, 0.6) is 0 Å². The average Bonchev–Trinajstić information content (AvgIpc) is 3.41. The van der Waals surface area contributed by atoms with Crippen molar-refractivity contribution < 1.29 is 37.1 Å². The van der Waals surface area contributed by atoms with E-state index < -0.39 is 47.8 Å². The van der Waals surface area contributed by atoms with Crippen LogP contribution < -0.4 is 16.0 Å². The first-order chi connectivity index (χ1) is 19.2. The van der Waals surface area contributed by atoms with Gasteiger partial charge < -0.3 is 20.9 Å². The Kier molecular flexibility index (Phi) is 12.7. The van der Waals surface area contributed by atoms with Crippen LogP contribution in [0.2, 0.25) is 0 Å². The van der Waals surface area contributed by atoms with Crippen LogP contribution in [-0.4, -0.2) is 76.7 Å². The number of carbonyl (C=O) groups is 5. The molecule has 41 heavy (non-hydrogen) atoms. The van der Waals surface area contributed by atoms with E-state index in [2.05, 4.69) is 20.9 Å². The molecule has 1 saturated heterocycles. The van der Waals surface area contributed by atoms with Gasteiger partial charge in [0.25, 0.3) is 11.7 Å². The van der Waals surface area contributed by atoms with Crippen LogP contribution in [-0.2, 0) is 19.2 Å². The molecule has 1 aromatic rings. The maximum absolute atomic E-state index is 13.4. The average molecular weight is 584 g/mol. The van der Waals surface area contributed by atoms with E-state index in [1.165, 1.54) is 24.9 Å². The van der Waals surface area contributed by atoms with Crippen molar-refractivity contribution in [3.8, 4) is 0 Å². The van der Waals surface area contributed by atoms with Crippen LogP contribution in [0, 0.1) is 11.8 Å². The van der Waals surface area contributed by atoms with Gasteiger partial charge in [0.05, 0.1) is 6.04 Å². The first-order valence-electron chi connectivity index (χ1n) is 13.9. The molecular formula is C28H40F3N5O5. The van der Waals surface area contributed by atoms with Gasteiger partial charge in [0.15, 0.2) is 0 Å². The van der Waals surface area contributed by atoms with Gasteiger partial charge in [-0.15, -0.1) is 0 Å². The highest BCUT2D eigenvalue weighted by Gasteiger charge is 2.46. The van der Waals surface area contributed by atoms with Crippen LogP contribution in [0.4, 0.5) is 13.2 Å². The molecule has 228 valence electrons. The summed E-state index contributed by atoms with van der Waals surface area (Å²) in [6, 6.07) is 1.32. The van der Waals surface area contributed by atoms with Gasteiger partial charge in [0.2, 0.25) is 17.7 Å². The van der Waals surface area contributed by atoms with Crippen LogP contribution in [0.15, 0.2) is 24.4 Å². The summed E-state index contributed by atoms with van der Waals surface area (Å²) in [7, 11) is 0. The number of carbonyl (C=O) groups excluding carboxylic acids is 5. The third-order valence-corrected chi connectivity index (χ3v) is 6.88. The van der Waals surface area contributed by atoms with E-state index in [1.807, 2.05) is 0 Å². The zero-order valence-corrected chi connectivity index (χ0v) is 23.9. The number of rotatable bonds is 14. The summed E-state index contributed by atoms with van der Waals surface area (Å²) in [5.41, 5.74) is 0.323. The van der Waals surface area contributed by atoms with Crippen molar-refractivity contribution in [3.05, 3.63) is 30.1 Å². The smallest absolute Gasteiger partial charge is 0.351 e. The minimum Gasteiger partial charge on any atom is -0.351 e. The van der Waals surface area contributed by atoms with Crippen LogP contribution in [0.1, 0.15) is 76.7 Å². The van der Waals surface area contributed by atoms with Crippen LogP contribution >= 0.6 is 0 Å². The van der Waals surface area contributed by atoms with Gasteiger partial charge in [-0.3, -0.25) is 29.0 Å². The molecule has 0 aliphatic carbocycles. The number of halogens is 3. The number of pyridine rings is 1. The number of ketones is 1. The molecular weight excluding hydrogens is 543 g/mol. The number of hydrogen-bond acceptors (Lipinski definition) is 6. The number of Topliss-reactive ketones (excluding diaryl/α,β-unsaturated/α-hetero) is 1. The van der Waals surface area contributed by atoms with Crippen LogP contribution in [0.25, 0.3) is 0 Å². The summed E-state index contributed by atoms with van der Waals surface area (Å²) in [4.78, 5) is 68.0. The molecule has 4 amide bonds. The van der Waals surface area contributed by atoms with Gasteiger partial charge in [0.1, 0.15) is 17.8 Å². The second kappa shape index (κ2) is 15.5. The molecule has 3 atom stereocenters. The van der Waals surface area contributed by atoms with Crippen molar-refractivity contribution in [3.63, 3.8) is 0 Å². The lowest BCUT2D eigenvalue weighted by Gasteiger charge is -2.32. The number of nitrogens with one attached hydrogen (secondary N) is 3. The Morgan fingerprint density at radius 3 is 2.24 bits per heavy atom. The topological polar surface area (TPSA) is 138 Å². The molecule has 13 heteroatoms. The highest BCUT2D eigenvalue weighted by molar-refractivity contribution is 5.96. The van der Waals surface area contributed by atoms with E-state index in [9.17, 15) is 37.1 Å². The number of alkyl halides is 3. The van der Waals surface area contributed by atoms with E-state index >= 15 is 0 Å². The minimum atomic E-state index is -5.10. The summed E-state index contributed by atoms with van der Waals surface area (Å²) in [6.07, 6.45) is -0.877. The standard InChI is InChI=1S/C28H40F3N5O5/c1-17(2)22(24(38)28(29,30)31)35-26(40)20-12-10-16-36(20)27(41)23(18(3)4)34-21(37)13-6-5-8-15-33-25(39)19-11-7-9-14-32-19/h7,9,11,14,17-18,20,22-23H,5-6,8,10,12-13,15-16H2,1-4H3,(H,33,39)(H,34,37)(H,35,40)/t20-,22+,23+/m1/s1. The largest absolute Gasteiger partial charge is 0.452 e. The predicted molar refractivity (Wildman–Crippen MR) is 144 cm³/mol. The number of unbranched alkanes of at least 4 members (excludes halogenated alkanes) is 2. The number of hydrogen-bond donors (Lipinski definition) is 3. The summed E-state index contributed by atoms with van der Waals surface area (Å²) >= 11 is 0. The molecule has 1 aliphatic heterocycles. The van der Waals surface area contributed by atoms with E-state index in [1.54, 1.807) is 32.0 Å². The number of nitrogens with zero attached hydrogens (tertiary/aromatic N) is 2. The van der Waals surface area contributed by atoms with Gasteiger partial charge in [-0.1, -0.05) is 40.2 Å². The SMILES string of the molecule is CC(C)[C@H](NC(=O)CCCCCNC(=O)c1ccccn1)C(=O)N1CCC[C@@H]1C(=O)N[C@H](C(=O)C(F)(F)F)C(C)C. The monoisotopic (exact) mass is 583 g/mol. The Labute approximate surface area is 238 Å². The Balaban J connectivity index is 1.87. The lowest BCUT2D eigenvalue weighted by Crippen LogP contribution is -2.58. The Bertz CT molecular complexity index is 1060. The maximum Gasteiger partial charge on any atom is 0.452 e. The molecule has 2 heterocycles. The molecule has 1 fully saturated rings. The van der Waals surface area contributed by atoms with E-state index in [4.69, 9.17) is 0 Å². The van der Waals surface area contributed by atoms with Gasteiger partial charge in [0, 0.05) is 25.7 Å². The molecule has 3 N–H and O–H groups in total. The Morgan fingerprint density at radius 1 is 0.976 bits per heavy atom. The minimum absolute atomic E-state index is 0.157.